The molecular formula is C14H21FN2O. The summed E-state index contributed by atoms with van der Waals surface area (Å²) in [5.41, 5.74) is 6.99. The van der Waals surface area contributed by atoms with Crippen LogP contribution in [0.25, 0.3) is 0 Å². The average molecular weight is 252 g/mol. The summed E-state index contributed by atoms with van der Waals surface area (Å²) in [5, 5.41) is 3.29. The van der Waals surface area contributed by atoms with Crippen LogP contribution in [0.15, 0.2) is 12.1 Å². The quantitative estimate of drug-likeness (QED) is 0.764. The van der Waals surface area contributed by atoms with Gasteiger partial charge >= 0.3 is 0 Å². The highest BCUT2D eigenvalue weighted by Crippen LogP contribution is 2.37. The van der Waals surface area contributed by atoms with Crippen molar-refractivity contribution in [2.24, 2.45) is 11.8 Å². The van der Waals surface area contributed by atoms with Crippen LogP contribution in [0.4, 0.5) is 15.8 Å². The summed E-state index contributed by atoms with van der Waals surface area (Å²) in [6.07, 6.45) is 2.65. The second kappa shape index (κ2) is 5.46. The molecule has 0 radical (unpaired) electrons. The van der Waals surface area contributed by atoms with Crippen LogP contribution in [0.5, 0.6) is 5.75 Å². The largest absolute Gasteiger partial charge is 0.491 e. The van der Waals surface area contributed by atoms with E-state index in [1.165, 1.54) is 18.9 Å². The Morgan fingerprint density at radius 2 is 2.22 bits per heavy atom. The van der Waals surface area contributed by atoms with Crippen molar-refractivity contribution in [1.82, 2.24) is 0 Å². The molecule has 1 aromatic rings. The number of nitrogen functional groups attached to an aromatic ring is 1. The molecule has 1 aliphatic carbocycles. The number of rotatable bonds is 6. The molecule has 3 nitrogen and oxygen atoms in total. The van der Waals surface area contributed by atoms with Crippen molar-refractivity contribution >= 4 is 11.4 Å². The second-order valence-electron chi connectivity index (χ2n) is 5.00. The predicted octanol–water partition coefficient (Wildman–Crippen LogP) is 3.26. The van der Waals surface area contributed by atoms with Gasteiger partial charge in [-0.2, -0.15) is 0 Å². The van der Waals surface area contributed by atoms with Crippen LogP contribution in [-0.4, -0.2) is 13.2 Å². The fourth-order valence-electron chi connectivity index (χ4n) is 2.09. The standard InChI is InChI=1S/C14H21FN2O/c1-3-18-14-7-13(12(16)6-11(14)15)17-8-9(2)10-4-5-10/h6-7,9-10,17H,3-5,8,16H2,1-2H3. The Kier molecular flexibility index (Phi) is 3.94. The third-order valence-corrected chi connectivity index (χ3v) is 3.45. The van der Waals surface area contributed by atoms with Gasteiger partial charge in [-0.15, -0.1) is 0 Å². The first kappa shape index (κ1) is 13.0. The van der Waals surface area contributed by atoms with E-state index in [9.17, 15) is 4.39 Å². The number of halogens is 1. The van der Waals surface area contributed by atoms with Gasteiger partial charge in [-0.1, -0.05) is 6.92 Å². The van der Waals surface area contributed by atoms with Gasteiger partial charge in [-0.3, -0.25) is 0 Å². The second-order valence-corrected chi connectivity index (χ2v) is 5.00. The van der Waals surface area contributed by atoms with Crippen LogP contribution >= 0.6 is 0 Å². The first-order chi connectivity index (χ1) is 8.61. The lowest BCUT2D eigenvalue weighted by atomic mass is 10.1. The molecule has 0 bridgehead atoms. The summed E-state index contributed by atoms with van der Waals surface area (Å²) in [6.45, 7) is 5.37. The van der Waals surface area contributed by atoms with Crippen molar-refractivity contribution < 1.29 is 9.13 Å². The molecule has 0 aromatic heterocycles. The number of hydrogen-bond acceptors (Lipinski definition) is 3. The number of nitrogens with one attached hydrogen (secondary N) is 1. The van der Waals surface area contributed by atoms with E-state index in [2.05, 4.69) is 12.2 Å². The molecule has 2 rings (SSSR count). The Labute approximate surface area is 108 Å². The van der Waals surface area contributed by atoms with Crippen molar-refractivity contribution in [3.63, 3.8) is 0 Å². The normalized spacial score (nSPS) is 16.4. The zero-order chi connectivity index (χ0) is 13.1. The van der Waals surface area contributed by atoms with Gasteiger partial charge in [0.2, 0.25) is 0 Å². The van der Waals surface area contributed by atoms with E-state index < -0.39 is 5.82 Å². The van der Waals surface area contributed by atoms with Crippen LogP contribution in [0.1, 0.15) is 26.7 Å². The van der Waals surface area contributed by atoms with Crippen molar-refractivity contribution in [1.29, 1.82) is 0 Å². The molecule has 1 fully saturated rings. The van der Waals surface area contributed by atoms with Gasteiger partial charge in [0.15, 0.2) is 11.6 Å². The van der Waals surface area contributed by atoms with Crippen LogP contribution in [0, 0.1) is 17.7 Å². The molecule has 1 saturated carbocycles. The summed E-state index contributed by atoms with van der Waals surface area (Å²) in [6, 6.07) is 2.96. The zero-order valence-corrected chi connectivity index (χ0v) is 11.0. The van der Waals surface area contributed by atoms with Gasteiger partial charge in [0.05, 0.1) is 18.0 Å². The smallest absolute Gasteiger partial charge is 0.167 e. The topological polar surface area (TPSA) is 47.3 Å². The third kappa shape index (κ3) is 3.06. The Balaban J connectivity index is 2.03. The first-order valence-corrected chi connectivity index (χ1v) is 6.57. The van der Waals surface area contributed by atoms with Gasteiger partial charge in [-0.25, -0.2) is 4.39 Å². The Hall–Kier alpha value is -1.45. The van der Waals surface area contributed by atoms with E-state index >= 15 is 0 Å². The highest BCUT2D eigenvalue weighted by atomic mass is 19.1. The zero-order valence-electron chi connectivity index (χ0n) is 11.0. The Bertz CT molecular complexity index is 419. The molecule has 0 amide bonds. The van der Waals surface area contributed by atoms with Crippen molar-refractivity contribution in [3.05, 3.63) is 17.9 Å². The molecule has 0 heterocycles. The molecule has 0 saturated heterocycles. The molecule has 0 aliphatic heterocycles. The highest BCUT2D eigenvalue weighted by Gasteiger charge is 2.27. The van der Waals surface area contributed by atoms with Crippen LogP contribution in [0.2, 0.25) is 0 Å². The van der Waals surface area contributed by atoms with E-state index in [1.54, 1.807) is 6.07 Å². The van der Waals surface area contributed by atoms with Gasteiger partial charge < -0.3 is 15.8 Å². The lowest BCUT2D eigenvalue weighted by Crippen LogP contribution is -2.14. The Morgan fingerprint density at radius 3 is 2.83 bits per heavy atom. The summed E-state index contributed by atoms with van der Waals surface area (Å²) in [7, 11) is 0. The average Bonchev–Trinajstić information content (AvgIpc) is 3.15. The molecule has 1 atom stereocenters. The molecule has 100 valence electrons. The summed E-state index contributed by atoms with van der Waals surface area (Å²) < 4.78 is 18.8. The van der Waals surface area contributed by atoms with E-state index in [0.717, 1.165) is 18.2 Å². The lowest BCUT2D eigenvalue weighted by Gasteiger charge is -2.15. The van der Waals surface area contributed by atoms with Crippen molar-refractivity contribution in [3.8, 4) is 5.75 Å². The third-order valence-electron chi connectivity index (χ3n) is 3.45. The fraction of sp³-hybridized carbons (Fsp3) is 0.571. The highest BCUT2D eigenvalue weighted by molar-refractivity contribution is 5.68. The molecule has 1 aromatic carbocycles. The predicted molar refractivity (Wildman–Crippen MR) is 72.4 cm³/mol. The summed E-state index contributed by atoms with van der Waals surface area (Å²) in [5.74, 6) is 1.32. The van der Waals surface area contributed by atoms with Gasteiger partial charge in [-0.05, 0) is 31.6 Å². The van der Waals surface area contributed by atoms with E-state index in [1.807, 2.05) is 6.92 Å². The molecule has 18 heavy (non-hydrogen) atoms. The first-order valence-electron chi connectivity index (χ1n) is 6.57. The van der Waals surface area contributed by atoms with Crippen molar-refractivity contribution in [2.75, 3.05) is 24.2 Å². The maximum atomic E-state index is 13.5. The monoisotopic (exact) mass is 252 g/mol. The Morgan fingerprint density at radius 1 is 1.50 bits per heavy atom. The van der Waals surface area contributed by atoms with E-state index in [4.69, 9.17) is 10.5 Å². The number of nitrogens with two attached hydrogens (primary N) is 1. The van der Waals surface area contributed by atoms with E-state index in [-0.39, 0.29) is 5.75 Å². The molecular weight excluding hydrogens is 231 g/mol. The molecule has 1 aliphatic rings. The van der Waals surface area contributed by atoms with Crippen LogP contribution < -0.4 is 15.8 Å². The molecule has 1 unspecified atom stereocenters. The lowest BCUT2D eigenvalue weighted by molar-refractivity contribution is 0.322. The van der Waals surface area contributed by atoms with Gasteiger partial charge in [0.1, 0.15) is 0 Å². The molecule has 3 N–H and O–H groups in total. The number of benzene rings is 1. The van der Waals surface area contributed by atoms with Gasteiger partial charge in [0.25, 0.3) is 0 Å². The number of anilines is 2. The number of ether oxygens (including phenoxy) is 1. The molecule has 4 heteroatoms. The minimum absolute atomic E-state index is 0.258. The van der Waals surface area contributed by atoms with Crippen LogP contribution in [0.3, 0.4) is 0 Å². The van der Waals surface area contributed by atoms with Crippen LogP contribution in [-0.2, 0) is 0 Å². The maximum absolute atomic E-state index is 13.5. The minimum Gasteiger partial charge on any atom is -0.491 e. The minimum atomic E-state index is -0.407. The van der Waals surface area contributed by atoms with E-state index in [0.29, 0.717) is 18.2 Å². The summed E-state index contributed by atoms with van der Waals surface area (Å²) >= 11 is 0. The molecule has 0 spiro atoms. The maximum Gasteiger partial charge on any atom is 0.167 e. The SMILES string of the molecule is CCOc1cc(NCC(C)C2CC2)c(N)cc1F. The summed E-state index contributed by atoms with van der Waals surface area (Å²) in [4.78, 5) is 0. The van der Waals surface area contributed by atoms with Crippen molar-refractivity contribution in [2.45, 2.75) is 26.7 Å². The number of hydrogen-bond donors (Lipinski definition) is 2. The van der Waals surface area contributed by atoms with Gasteiger partial charge in [0, 0.05) is 18.7 Å². The fourth-order valence-corrected chi connectivity index (χ4v) is 2.09.